The Hall–Kier alpha value is -1.60. The van der Waals surface area contributed by atoms with Gasteiger partial charge in [-0.15, -0.1) is 11.3 Å². The van der Waals surface area contributed by atoms with E-state index in [4.69, 9.17) is 4.74 Å². The molecule has 3 heterocycles. The number of fused-ring (bicyclic) bond motifs is 1. The summed E-state index contributed by atoms with van der Waals surface area (Å²) >= 11 is 1.55. The molecule has 0 bridgehead atoms. The molecule has 21 heavy (non-hydrogen) atoms. The van der Waals surface area contributed by atoms with Crippen LogP contribution in [0.5, 0.6) is 0 Å². The largest absolute Gasteiger partial charge is 0.479 e. The third-order valence-corrected chi connectivity index (χ3v) is 5.14. The lowest BCUT2D eigenvalue weighted by molar-refractivity contribution is -0.142. The highest BCUT2D eigenvalue weighted by Gasteiger charge is 2.38. The molecular weight excluding hydrogens is 292 g/mol. The van der Waals surface area contributed by atoms with Crippen molar-refractivity contribution in [1.29, 1.82) is 0 Å². The molecule has 3 atom stereocenters. The fourth-order valence-electron chi connectivity index (χ4n) is 2.96. The molecule has 3 unspecified atom stereocenters. The third-order valence-electron chi connectivity index (χ3n) is 4.15. The molecule has 0 aromatic carbocycles. The monoisotopic (exact) mass is 310 g/mol. The van der Waals surface area contributed by atoms with Gasteiger partial charge in [-0.2, -0.15) is 0 Å². The molecule has 0 saturated carbocycles. The van der Waals surface area contributed by atoms with Gasteiger partial charge in [0.1, 0.15) is 0 Å². The molecular formula is C14H18N2O4S. The fourth-order valence-corrected chi connectivity index (χ4v) is 3.87. The number of carboxylic acid groups (broad SMARTS) is 1. The summed E-state index contributed by atoms with van der Waals surface area (Å²) in [6.45, 7) is 2.97. The molecule has 1 aromatic rings. The van der Waals surface area contributed by atoms with Gasteiger partial charge in [0, 0.05) is 18.0 Å². The van der Waals surface area contributed by atoms with Gasteiger partial charge in [-0.05, 0) is 36.8 Å². The van der Waals surface area contributed by atoms with Crippen LogP contribution in [0.1, 0.15) is 29.8 Å². The van der Waals surface area contributed by atoms with Crippen LogP contribution in [0.25, 0.3) is 0 Å². The molecule has 2 amide bonds. The van der Waals surface area contributed by atoms with Crippen LogP contribution in [0.2, 0.25) is 0 Å². The van der Waals surface area contributed by atoms with Crippen molar-refractivity contribution in [3.8, 4) is 0 Å². The highest BCUT2D eigenvalue weighted by Crippen LogP contribution is 2.33. The number of thiophene rings is 1. The van der Waals surface area contributed by atoms with Crippen LogP contribution in [0.4, 0.5) is 4.79 Å². The van der Waals surface area contributed by atoms with Crippen LogP contribution in [-0.4, -0.2) is 47.3 Å². The van der Waals surface area contributed by atoms with E-state index in [-0.39, 0.29) is 18.2 Å². The molecule has 1 saturated heterocycles. The molecule has 2 aliphatic heterocycles. The second-order valence-corrected chi connectivity index (χ2v) is 6.40. The van der Waals surface area contributed by atoms with Crippen LogP contribution < -0.4 is 5.32 Å². The molecule has 0 spiro atoms. The first-order chi connectivity index (χ1) is 10.1. The Morgan fingerprint density at radius 2 is 2.33 bits per heavy atom. The predicted octanol–water partition coefficient (Wildman–Crippen LogP) is 1.62. The number of ether oxygens (including phenoxy) is 1. The van der Waals surface area contributed by atoms with Crippen LogP contribution in [-0.2, 0) is 16.0 Å². The molecule has 2 aliphatic rings. The normalized spacial score (nSPS) is 28.2. The van der Waals surface area contributed by atoms with E-state index in [2.05, 4.69) is 5.32 Å². The zero-order chi connectivity index (χ0) is 15.0. The molecule has 0 aliphatic carbocycles. The second kappa shape index (κ2) is 5.65. The Morgan fingerprint density at radius 1 is 1.52 bits per heavy atom. The quantitative estimate of drug-likeness (QED) is 0.870. The van der Waals surface area contributed by atoms with Gasteiger partial charge in [0.25, 0.3) is 0 Å². The summed E-state index contributed by atoms with van der Waals surface area (Å²) in [7, 11) is 0. The molecule has 3 rings (SSSR count). The number of rotatable bonds is 2. The Balaban J connectivity index is 1.77. The molecule has 1 fully saturated rings. The smallest absolute Gasteiger partial charge is 0.331 e. The zero-order valence-corrected chi connectivity index (χ0v) is 12.6. The molecule has 114 valence electrons. The number of aliphatic carboxylic acids is 1. The summed E-state index contributed by atoms with van der Waals surface area (Å²) in [6.07, 6.45) is 1.45. The van der Waals surface area contributed by atoms with Gasteiger partial charge in [-0.3, -0.25) is 0 Å². The first kappa shape index (κ1) is 14.3. The SMILES string of the molecule is CC1OCCC1NC(=O)N1CCc2sccc2C1C(=O)O. The topological polar surface area (TPSA) is 78.9 Å². The van der Waals surface area contributed by atoms with Crippen molar-refractivity contribution in [1.82, 2.24) is 10.2 Å². The van der Waals surface area contributed by atoms with E-state index >= 15 is 0 Å². The Bertz CT molecular complexity index is 559. The van der Waals surface area contributed by atoms with Crippen molar-refractivity contribution in [2.75, 3.05) is 13.2 Å². The zero-order valence-electron chi connectivity index (χ0n) is 11.7. The van der Waals surface area contributed by atoms with Gasteiger partial charge in [0.05, 0.1) is 12.1 Å². The Morgan fingerprint density at radius 3 is 3.00 bits per heavy atom. The van der Waals surface area contributed by atoms with Gasteiger partial charge >= 0.3 is 12.0 Å². The number of carbonyl (C=O) groups excluding carboxylic acids is 1. The molecule has 2 N–H and O–H groups in total. The van der Waals surface area contributed by atoms with Crippen molar-refractivity contribution >= 4 is 23.3 Å². The minimum Gasteiger partial charge on any atom is -0.479 e. The van der Waals surface area contributed by atoms with Crippen LogP contribution in [0.3, 0.4) is 0 Å². The highest BCUT2D eigenvalue weighted by molar-refractivity contribution is 7.10. The van der Waals surface area contributed by atoms with E-state index in [1.54, 1.807) is 17.4 Å². The maximum Gasteiger partial charge on any atom is 0.331 e. The summed E-state index contributed by atoms with van der Waals surface area (Å²) in [4.78, 5) is 26.5. The van der Waals surface area contributed by atoms with E-state index in [1.165, 1.54) is 4.90 Å². The maximum absolute atomic E-state index is 12.4. The lowest BCUT2D eigenvalue weighted by Crippen LogP contribution is -2.51. The van der Waals surface area contributed by atoms with E-state index in [0.717, 1.165) is 16.9 Å². The molecule has 1 aromatic heterocycles. The number of carbonyl (C=O) groups is 2. The summed E-state index contributed by atoms with van der Waals surface area (Å²) in [5.74, 6) is -0.986. The molecule has 0 radical (unpaired) electrons. The van der Waals surface area contributed by atoms with Crippen molar-refractivity contribution in [2.24, 2.45) is 0 Å². The maximum atomic E-state index is 12.4. The summed E-state index contributed by atoms with van der Waals surface area (Å²) in [6, 6.07) is 0.551. The number of hydrogen-bond acceptors (Lipinski definition) is 4. The van der Waals surface area contributed by atoms with E-state index < -0.39 is 12.0 Å². The van der Waals surface area contributed by atoms with Gasteiger partial charge < -0.3 is 20.1 Å². The minimum atomic E-state index is -0.986. The number of amides is 2. The van der Waals surface area contributed by atoms with Crippen LogP contribution >= 0.6 is 11.3 Å². The summed E-state index contributed by atoms with van der Waals surface area (Å²) in [5.41, 5.74) is 0.740. The van der Waals surface area contributed by atoms with Gasteiger partial charge in [0.2, 0.25) is 0 Å². The van der Waals surface area contributed by atoms with Crippen molar-refractivity contribution in [2.45, 2.75) is 38.0 Å². The second-order valence-electron chi connectivity index (χ2n) is 5.40. The average Bonchev–Trinajstić information content (AvgIpc) is 3.06. The van der Waals surface area contributed by atoms with Gasteiger partial charge in [-0.1, -0.05) is 0 Å². The fraction of sp³-hybridized carbons (Fsp3) is 0.571. The molecule has 6 nitrogen and oxygen atoms in total. The Labute approximate surface area is 126 Å². The van der Waals surface area contributed by atoms with Crippen molar-refractivity contribution < 1.29 is 19.4 Å². The van der Waals surface area contributed by atoms with Gasteiger partial charge in [0.15, 0.2) is 6.04 Å². The predicted molar refractivity (Wildman–Crippen MR) is 77.5 cm³/mol. The van der Waals surface area contributed by atoms with E-state index in [0.29, 0.717) is 19.6 Å². The average molecular weight is 310 g/mol. The number of nitrogens with zero attached hydrogens (tertiary/aromatic N) is 1. The lowest BCUT2D eigenvalue weighted by Gasteiger charge is -2.34. The number of urea groups is 1. The third kappa shape index (κ3) is 2.63. The van der Waals surface area contributed by atoms with E-state index in [9.17, 15) is 14.7 Å². The lowest BCUT2D eigenvalue weighted by atomic mass is 10.0. The number of nitrogens with one attached hydrogen (secondary N) is 1. The highest BCUT2D eigenvalue weighted by atomic mass is 32.1. The first-order valence-corrected chi connectivity index (χ1v) is 7.93. The van der Waals surface area contributed by atoms with Gasteiger partial charge in [-0.25, -0.2) is 9.59 Å². The van der Waals surface area contributed by atoms with E-state index in [1.807, 2.05) is 12.3 Å². The summed E-state index contributed by atoms with van der Waals surface area (Å²) < 4.78 is 5.42. The molecule has 7 heteroatoms. The first-order valence-electron chi connectivity index (χ1n) is 7.05. The standard InChI is InChI=1S/C14H18N2O4S/c1-8-10(3-6-20-8)15-14(19)16-5-2-11-9(4-7-21-11)12(16)13(17)18/h4,7-8,10,12H,2-3,5-6H2,1H3,(H,15,19)(H,17,18). The van der Waals surface area contributed by atoms with Crippen molar-refractivity contribution in [3.05, 3.63) is 21.9 Å². The Kier molecular flexibility index (Phi) is 3.86. The van der Waals surface area contributed by atoms with Crippen LogP contribution in [0.15, 0.2) is 11.4 Å². The minimum absolute atomic E-state index is 0.0290. The van der Waals surface area contributed by atoms with Crippen molar-refractivity contribution in [3.63, 3.8) is 0 Å². The number of carboxylic acids is 1. The number of hydrogen-bond donors (Lipinski definition) is 2. The van der Waals surface area contributed by atoms with Crippen LogP contribution in [0, 0.1) is 0 Å². The summed E-state index contributed by atoms with van der Waals surface area (Å²) in [5, 5.41) is 14.3.